The third-order valence-electron chi connectivity index (χ3n) is 6.93. The summed E-state index contributed by atoms with van der Waals surface area (Å²) in [4.78, 5) is 45.4. The maximum absolute atomic E-state index is 13.1. The lowest BCUT2D eigenvalue weighted by Gasteiger charge is -2.21. The monoisotopic (exact) mass is 605 g/mol. The van der Waals surface area contributed by atoms with Crippen molar-refractivity contribution in [3.8, 4) is 5.75 Å². The number of rotatable bonds is 6. The second-order valence-electron chi connectivity index (χ2n) is 9.81. The highest BCUT2D eigenvalue weighted by Gasteiger charge is 2.52. The summed E-state index contributed by atoms with van der Waals surface area (Å²) in [5.74, 6) is -2.44. The van der Waals surface area contributed by atoms with E-state index in [1.54, 1.807) is 53.3 Å². The summed E-state index contributed by atoms with van der Waals surface area (Å²) in [5, 5.41) is 3.86. The van der Waals surface area contributed by atoms with Crippen molar-refractivity contribution in [2.45, 2.75) is 42.7 Å². The lowest BCUT2D eigenvalue weighted by Crippen LogP contribution is -2.45. The van der Waals surface area contributed by atoms with Crippen LogP contribution in [0.25, 0.3) is 10.9 Å². The second-order valence-corrected chi connectivity index (χ2v) is 13.0. The van der Waals surface area contributed by atoms with Crippen molar-refractivity contribution >= 4 is 52.2 Å². The van der Waals surface area contributed by atoms with E-state index in [1.807, 2.05) is 37.3 Å². The summed E-state index contributed by atoms with van der Waals surface area (Å²) in [6, 6.07) is 15.6. The predicted molar refractivity (Wildman–Crippen MR) is 149 cm³/mol. The van der Waals surface area contributed by atoms with Gasteiger partial charge in [-0.2, -0.15) is 18.7 Å². The quantitative estimate of drug-likeness (QED) is 0.381. The summed E-state index contributed by atoms with van der Waals surface area (Å²) in [7, 11) is 0. The number of hydroxylamine groups is 1. The van der Waals surface area contributed by atoms with Crippen LogP contribution in [0.3, 0.4) is 0 Å². The number of amides is 2. The van der Waals surface area contributed by atoms with Crippen LogP contribution in [0.5, 0.6) is 5.75 Å². The maximum atomic E-state index is 13.1. The molecule has 2 fully saturated rings. The minimum atomic E-state index is -5.24. The van der Waals surface area contributed by atoms with Crippen molar-refractivity contribution in [3.05, 3.63) is 71.4 Å². The number of fused-ring (bicyclic) bond motifs is 1. The van der Waals surface area contributed by atoms with Gasteiger partial charge in [-0.25, -0.2) is 4.79 Å². The minimum absolute atomic E-state index is 0.310. The van der Waals surface area contributed by atoms with Gasteiger partial charge in [0.2, 0.25) is 0 Å². The fourth-order valence-corrected chi connectivity index (χ4v) is 8.49. The molecule has 3 aromatic rings. The van der Waals surface area contributed by atoms with E-state index < -0.39 is 35.9 Å². The number of aryl methyl sites for hydroxylation is 1. The molecule has 216 valence electrons. The molecule has 1 saturated carbocycles. The molecule has 1 aliphatic heterocycles. The van der Waals surface area contributed by atoms with Gasteiger partial charge in [0.25, 0.3) is 11.8 Å². The molecule has 2 atom stereocenters. The summed E-state index contributed by atoms with van der Waals surface area (Å²) >= 11 is 3.32. The van der Waals surface area contributed by atoms with Gasteiger partial charge >= 0.3 is 12.1 Å². The summed E-state index contributed by atoms with van der Waals surface area (Å²) in [5.41, 5.74) is 4.71. The largest absolute Gasteiger partial charge is 0.493 e. The van der Waals surface area contributed by atoms with Crippen LogP contribution in [-0.4, -0.2) is 50.6 Å². The lowest BCUT2D eigenvalue weighted by molar-refractivity contribution is -0.208. The number of thioether (sulfide) groups is 2. The molecule has 8 nitrogen and oxygen atoms in total. The number of nitrogens with zero attached hydrogens (tertiary/aromatic N) is 1. The lowest BCUT2D eigenvalue weighted by atomic mass is 10.0. The van der Waals surface area contributed by atoms with Crippen molar-refractivity contribution in [2.75, 3.05) is 11.5 Å². The minimum Gasteiger partial charge on any atom is -0.489 e. The third kappa shape index (κ3) is 6.72. The Labute approximate surface area is 242 Å². The Morgan fingerprint density at radius 1 is 1.05 bits per heavy atom. The molecule has 0 unspecified atom stereocenters. The van der Waals surface area contributed by atoms with Crippen LogP contribution < -0.4 is 15.5 Å². The first-order valence-corrected chi connectivity index (χ1v) is 14.7. The molecule has 2 aromatic carbocycles. The van der Waals surface area contributed by atoms with Crippen LogP contribution in [-0.2, 0) is 21.0 Å². The third-order valence-corrected chi connectivity index (χ3v) is 10.4. The number of pyridine rings is 1. The van der Waals surface area contributed by atoms with Crippen molar-refractivity contribution < 1.29 is 37.1 Å². The van der Waals surface area contributed by atoms with Crippen LogP contribution in [0.2, 0.25) is 0 Å². The van der Waals surface area contributed by atoms with Crippen molar-refractivity contribution in [1.82, 2.24) is 15.8 Å². The van der Waals surface area contributed by atoms with E-state index in [0.717, 1.165) is 33.7 Å². The standard InChI is InChI=1S/C28H26F3N3O5S2/c1-16-12-18(20-4-2-3-5-22(20)32-16)15-38-19-8-6-17(7-9-19)24(35)33-23-14-27(40-10-11-41-27)13-21(23)25(36)34-39-26(37)28(29,30)31/h2-9,12,21,23H,10-11,13-15H2,1H3,(H,33,35)(H,34,36)/t21-,23+/m0/s1. The Hall–Kier alpha value is -3.45. The van der Waals surface area contributed by atoms with Gasteiger partial charge in [-0.1, -0.05) is 18.2 Å². The number of halogens is 3. The van der Waals surface area contributed by atoms with Gasteiger partial charge in [-0.05, 0) is 56.2 Å². The summed E-state index contributed by atoms with van der Waals surface area (Å²) < 4.78 is 43.1. The highest BCUT2D eigenvalue weighted by atomic mass is 32.2. The van der Waals surface area contributed by atoms with E-state index in [0.29, 0.717) is 30.8 Å². The van der Waals surface area contributed by atoms with Crippen molar-refractivity contribution in [2.24, 2.45) is 5.92 Å². The number of carbonyl (C=O) groups is 3. The van der Waals surface area contributed by atoms with Gasteiger partial charge in [-0.15, -0.1) is 23.5 Å². The van der Waals surface area contributed by atoms with Gasteiger partial charge in [0.05, 0.1) is 15.5 Å². The fraction of sp³-hybridized carbons (Fsp3) is 0.357. The number of para-hydroxylation sites is 1. The summed E-state index contributed by atoms with van der Waals surface area (Å²) in [6.07, 6.45) is -4.48. The van der Waals surface area contributed by atoms with Crippen LogP contribution in [0.15, 0.2) is 54.6 Å². The average Bonchev–Trinajstić information content (AvgIpc) is 3.55. The highest BCUT2D eigenvalue weighted by Crippen LogP contribution is 2.56. The first-order chi connectivity index (χ1) is 19.5. The molecule has 13 heteroatoms. The van der Waals surface area contributed by atoms with E-state index in [-0.39, 0.29) is 4.08 Å². The second kappa shape index (κ2) is 11.8. The number of benzene rings is 2. The van der Waals surface area contributed by atoms with E-state index in [2.05, 4.69) is 15.1 Å². The van der Waals surface area contributed by atoms with E-state index >= 15 is 0 Å². The van der Waals surface area contributed by atoms with Gasteiger partial charge in [-0.3, -0.25) is 14.6 Å². The van der Waals surface area contributed by atoms with Crippen LogP contribution in [0, 0.1) is 12.8 Å². The first kappa shape index (κ1) is 29.1. The number of hydrogen-bond acceptors (Lipinski definition) is 8. The highest BCUT2D eigenvalue weighted by molar-refractivity contribution is 8.21. The number of nitrogens with one attached hydrogen (secondary N) is 2. The molecule has 2 N–H and O–H groups in total. The number of carbonyl (C=O) groups excluding carboxylic acids is 3. The molecule has 2 amide bonds. The molecule has 2 heterocycles. The zero-order chi connectivity index (χ0) is 29.2. The van der Waals surface area contributed by atoms with Gasteiger partial charge in [0.1, 0.15) is 12.4 Å². The molecule has 2 aliphatic rings. The molecule has 1 aromatic heterocycles. The molecular formula is C28H26F3N3O5S2. The number of hydrogen-bond donors (Lipinski definition) is 2. The molecule has 5 rings (SSSR count). The molecule has 1 saturated heterocycles. The fourth-order valence-electron chi connectivity index (χ4n) is 5.06. The van der Waals surface area contributed by atoms with Gasteiger partial charge in [0.15, 0.2) is 0 Å². The Morgan fingerprint density at radius 2 is 1.76 bits per heavy atom. The normalized spacial score (nSPS) is 19.7. The average molecular weight is 606 g/mol. The summed E-state index contributed by atoms with van der Waals surface area (Å²) in [6.45, 7) is 2.23. The Kier molecular flexibility index (Phi) is 8.37. The number of aromatic nitrogens is 1. The first-order valence-electron chi connectivity index (χ1n) is 12.8. The predicted octanol–water partition coefficient (Wildman–Crippen LogP) is 4.94. The topological polar surface area (TPSA) is 107 Å². The molecule has 0 radical (unpaired) electrons. The molecule has 0 bridgehead atoms. The van der Waals surface area contributed by atoms with E-state index in [1.165, 1.54) is 0 Å². The molecule has 1 aliphatic carbocycles. The SMILES string of the molecule is Cc1cc(COc2ccc(C(=O)N[C@@H]3CC4(C[C@@H]3C(=O)NOC(=O)C(F)(F)F)SCCS4)cc2)c2ccccc2n1. The smallest absolute Gasteiger partial charge is 0.489 e. The van der Waals surface area contributed by atoms with E-state index in [4.69, 9.17) is 4.74 Å². The van der Waals surface area contributed by atoms with E-state index in [9.17, 15) is 27.6 Å². The molecule has 1 spiro atoms. The van der Waals surface area contributed by atoms with Crippen LogP contribution in [0.1, 0.15) is 34.5 Å². The molecular weight excluding hydrogens is 579 g/mol. The van der Waals surface area contributed by atoms with Crippen LogP contribution in [0.4, 0.5) is 13.2 Å². The van der Waals surface area contributed by atoms with Crippen LogP contribution >= 0.6 is 23.5 Å². The Balaban J connectivity index is 1.23. The molecule has 41 heavy (non-hydrogen) atoms. The Morgan fingerprint density at radius 3 is 2.46 bits per heavy atom. The Bertz CT molecular complexity index is 1460. The van der Waals surface area contributed by atoms with Gasteiger partial charge < -0.3 is 14.9 Å². The number of alkyl halides is 3. The van der Waals surface area contributed by atoms with Crippen molar-refractivity contribution in [1.29, 1.82) is 0 Å². The zero-order valence-electron chi connectivity index (χ0n) is 21.8. The zero-order valence-corrected chi connectivity index (χ0v) is 23.5. The van der Waals surface area contributed by atoms with Crippen molar-refractivity contribution in [3.63, 3.8) is 0 Å². The number of ether oxygens (including phenoxy) is 1. The maximum Gasteiger partial charge on any atom is 0.493 e. The van der Waals surface area contributed by atoms with Gasteiger partial charge in [0, 0.05) is 39.8 Å².